The van der Waals surface area contributed by atoms with E-state index in [0.717, 1.165) is 0 Å². The van der Waals surface area contributed by atoms with Gasteiger partial charge in [0.25, 0.3) is 0 Å². The van der Waals surface area contributed by atoms with E-state index < -0.39 is 89.4 Å². The van der Waals surface area contributed by atoms with Crippen LogP contribution >= 0.6 is 0 Å². The zero-order valence-corrected chi connectivity index (χ0v) is 20.0. The number of carbonyl (C=O) groups is 2. The number of halogens is 10. The first-order valence-electron chi connectivity index (χ1n) is 10.1. The highest BCUT2D eigenvalue weighted by Gasteiger charge is 2.68. The molecule has 8 nitrogen and oxygen atoms in total. The van der Waals surface area contributed by atoms with E-state index in [9.17, 15) is 61.9 Å². The molecule has 218 valence electrons. The van der Waals surface area contributed by atoms with Crippen molar-refractivity contribution in [3.8, 4) is 0 Å². The fraction of sp³-hybridized carbons (Fsp3) is 0.778. The number of hydrogen-bond acceptors (Lipinski definition) is 6. The van der Waals surface area contributed by atoms with Gasteiger partial charge in [-0.1, -0.05) is 20.4 Å². The van der Waals surface area contributed by atoms with Crippen LogP contribution in [0.15, 0.2) is 12.2 Å². The Morgan fingerprint density at radius 2 is 1.38 bits per heavy atom. The largest absolute Gasteiger partial charge is 0.466 e. The molecule has 19 heteroatoms. The van der Waals surface area contributed by atoms with E-state index in [1.54, 1.807) is 0 Å². The molecule has 0 heterocycles. The Kier molecular flexibility index (Phi) is 11.4. The van der Waals surface area contributed by atoms with Gasteiger partial charge in [0.2, 0.25) is 0 Å². The Morgan fingerprint density at radius 1 is 0.919 bits per heavy atom. The number of hydrogen-bond donors (Lipinski definition) is 1. The van der Waals surface area contributed by atoms with Gasteiger partial charge in [-0.15, -0.1) is 0 Å². The second-order valence-corrected chi connectivity index (χ2v) is 8.88. The van der Waals surface area contributed by atoms with Gasteiger partial charge >= 0.3 is 51.3 Å². The third kappa shape index (κ3) is 8.17. The Morgan fingerprint density at radius 3 is 1.73 bits per heavy atom. The molecule has 0 saturated heterocycles. The minimum absolute atomic E-state index is 0.000177. The highest BCUT2D eigenvalue weighted by Crippen LogP contribution is 2.42. The van der Waals surface area contributed by atoms with Crippen molar-refractivity contribution in [3.05, 3.63) is 12.2 Å². The van der Waals surface area contributed by atoms with Crippen molar-refractivity contribution in [2.75, 3.05) is 19.7 Å². The van der Waals surface area contributed by atoms with E-state index in [1.165, 1.54) is 13.8 Å². The summed E-state index contributed by atoms with van der Waals surface area (Å²) in [5, 5.41) is -6.08. The van der Waals surface area contributed by atoms with Crippen molar-refractivity contribution in [2.45, 2.75) is 68.8 Å². The zero-order chi connectivity index (χ0) is 29.7. The average Bonchev–Trinajstić information content (AvgIpc) is 2.72. The molecule has 0 aromatic rings. The van der Waals surface area contributed by atoms with Crippen LogP contribution in [0.2, 0.25) is 0 Å². The van der Waals surface area contributed by atoms with Crippen molar-refractivity contribution in [1.29, 1.82) is 0 Å². The molecule has 0 aliphatic heterocycles. The molecule has 1 amide bonds. The fourth-order valence-electron chi connectivity index (χ4n) is 2.61. The Balaban J connectivity index is 6.34. The first-order chi connectivity index (χ1) is 16.4. The molecule has 0 aliphatic rings. The molecule has 0 saturated carbocycles. The zero-order valence-electron chi connectivity index (χ0n) is 19.2. The first-order valence-corrected chi connectivity index (χ1v) is 11.6. The van der Waals surface area contributed by atoms with Gasteiger partial charge in [-0.25, -0.2) is 4.79 Å². The standard InChI is InChI=1S/C18H23F10NO7S/c1-4-8-29(9-5-2)13(31)15(17(24,25)26,36-12(30)11(3)16(21,22)23)35-10-6-7-14(19,20)18(27,28)37(32,33)34/h3-10H2,1-2H3,(H,32,33,34). The summed E-state index contributed by atoms with van der Waals surface area (Å²) in [4.78, 5) is 25.0. The van der Waals surface area contributed by atoms with Crippen LogP contribution in [0, 0.1) is 0 Å². The molecule has 1 N–H and O–H groups in total. The van der Waals surface area contributed by atoms with Gasteiger partial charge in [0.05, 0.1) is 6.61 Å². The van der Waals surface area contributed by atoms with E-state index in [4.69, 9.17) is 4.55 Å². The van der Waals surface area contributed by atoms with Crippen molar-refractivity contribution in [1.82, 2.24) is 4.90 Å². The van der Waals surface area contributed by atoms with E-state index in [2.05, 4.69) is 16.1 Å². The van der Waals surface area contributed by atoms with Crippen LogP contribution in [0.1, 0.15) is 39.5 Å². The number of alkyl halides is 10. The monoisotopic (exact) mass is 587 g/mol. The highest BCUT2D eigenvalue weighted by molar-refractivity contribution is 7.87. The van der Waals surface area contributed by atoms with Crippen LogP contribution in [0.4, 0.5) is 43.9 Å². The molecule has 0 aromatic heterocycles. The lowest BCUT2D eigenvalue weighted by Crippen LogP contribution is -2.63. The second kappa shape index (κ2) is 12.1. The Hall–Kier alpha value is -2.15. The molecule has 0 fully saturated rings. The minimum Gasteiger partial charge on any atom is -0.412 e. The topological polar surface area (TPSA) is 110 Å². The van der Waals surface area contributed by atoms with E-state index in [0.29, 0.717) is 4.90 Å². The van der Waals surface area contributed by atoms with Crippen LogP contribution in [0.3, 0.4) is 0 Å². The quantitative estimate of drug-likeness (QED) is 0.0798. The van der Waals surface area contributed by atoms with E-state index >= 15 is 0 Å². The molecule has 0 bridgehead atoms. The minimum atomic E-state index is -6.68. The maximum Gasteiger partial charge on any atom is 0.466 e. The van der Waals surface area contributed by atoms with E-state index in [1.807, 2.05) is 0 Å². The maximum absolute atomic E-state index is 14.1. The second-order valence-electron chi connectivity index (χ2n) is 7.42. The summed E-state index contributed by atoms with van der Waals surface area (Å²) in [6.45, 7) is 2.33. The molecule has 1 atom stereocenters. The van der Waals surface area contributed by atoms with Crippen LogP contribution < -0.4 is 0 Å². The Labute approximate surface area is 204 Å². The summed E-state index contributed by atoms with van der Waals surface area (Å²) in [6.07, 6.45) is -15.6. The lowest BCUT2D eigenvalue weighted by atomic mass is 10.1. The third-order valence-electron chi connectivity index (χ3n) is 4.44. The van der Waals surface area contributed by atoms with Crippen molar-refractivity contribution < 1.29 is 75.9 Å². The van der Waals surface area contributed by atoms with Crippen molar-refractivity contribution in [2.24, 2.45) is 0 Å². The molecule has 37 heavy (non-hydrogen) atoms. The summed E-state index contributed by atoms with van der Waals surface area (Å²) in [5.41, 5.74) is -2.49. The van der Waals surface area contributed by atoms with Crippen LogP contribution in [0.5, 0.6) is 0 Å². The molecular formula is C18H23F10NO7S. The number of esters is 1. The SMILES string of the molecule is C=C(C(=O)OC(OCCCC(F)(F)C(F)(F)S(=O)(=O)O)(C(=O)N(CCC)CCC)C(F)(F)F)C(F)(F)F. The van der Waals surface area contributed by atoms with Crippen molar-refractivity contribution in [3.63, 3.8) is 0 Å². The molecule has 0 aliphatic carbocycles. The lowest BCUT2D eigenvalue weighted by molar-refractivity contribution is -0.351. The van der Waals surface area contributed by atoms with Gasteiger partial charge in [0, 0.05) is 19.5 Å². The predicted octanol–water partition coefficient (Wildman–Crippen LogP) is 4.47. The summed E-state index contributed by atoms with van der Waals surface area (Å²) in [5.74, 6) is -15.5. The van der Waals surface area contributed by atoms with Gasteiger partial charge in [-0.3, -0.25) is 9.35 Å². The molecule has 0 spiro atoms. The maximum atomic E-state index is 14.1. The van der Waals surface area contributed by atoms with Crippen LogP contribution in [0.25, 0.3) is 0 Å². The summed E-state index contributed by atoms with van der Waals surface area (Å²) in [6, 6.07) is 0. The van der Waals surface area contributed by atoms with Crippen LogP contribution in [-0.4, -0.2) is 78.8 Å². The molecule has 0 radical (unpaired) electrons. The fourth-order valence-corrected chi connectivity index (χ4v) is 3.09. The van der Waals surface area contributed by atoms with Crippen LogP contribution in [-0.2, 0) is 29.2 Å². The number of rotatable bonds is 14. The van der Waals surface area contributed by atoms with Crippen molar-refractivity contribution >= 4 is 22.0 Å². The van der Waals surface area contributed by atoms with Gasteiger partial charge in [-0.2, -0.15) is 52.3 Å². The van der Waals surface area contributed by atoms with E-state index in [-0.39, 0.29) is 12.8 Å². The van der Waals surface area contributed by atoms with Gasteiger partial charge < -0.3 is 14.4 Å². The van der Waals surface area contributed by atoms with Gasteiger partial charge in [-0.05, 0) is 19.3 Å². The highest BCUT2D eigenvalue weighted by atomic mass is 32.2. The number of ether oxygens (including phenoxy) is 2. The number of carbonyl (C=O) groups excluding carboxylic acids is 2. The first kappa shape index (κ1) is 34.9. The Bertz CT molecular complexity index is 928. The average molecular weight is 587 g/mol. The smallest absolute Gasteiger partial charge is 0.412 e. The summed E-state index contributed by atoms with van der Waals surface area (Å²) in [7, 11) is -6.68. The predicted molar refractivity (Wildman–Crippen MR) is 104 cm³/mol. The van der Waals surface area contributed by atoms with Gasteiger partial charge in [0.1, 0.15) is 5.57 Å². The molecule has 0 rings (SSSR count). The normalized spacial score (nSPS) is 15.2. The summed E-state index contributed by atoms with van der Waals surface area (Å²) < 4.78 is 172. The number of amides is 1. The molecular weight excluding hydrogens is 564 g/mol. The molecule has 0 aromatic carbocycles. The molecule has 1 unspecified atom stereocenters. The summed E-state index contributed by atoms with van der Waals surface area (Å²) >= 11 is 0. The lowest BCUT2D eigenvalue weighted by Gasteiger charge is -2.37. The van der Waals surface area contributed by atoms with Gasteiger partial charge in [0.15, 0.2) is 0 Å². The third-order valence-corrected chi connectivity index (χ3v) is 5.39. The number of nitrogens with zero attached hydrogens (tertiary/aromatic N) is 1.